The largest absolute Gasteiger partial charge is 0.419 e. The molecule has 1 aliphatic heterocycles. The molecule has 0 spiro atoms. The van der Waals surface area contributed by atoms with Crippen LogP contribution in [-0.2, 0) is 6.18 Å². The van der Waals surface area contributed by atoms with Crippen molar-refractivity contribution in [3.05, 3.63) is 41.5 Å². The number of alkyl halides is 3. The van der Waals surface area contributed by atoms with Crippen LogP contribution in [0.4, 0.5) is 19.1 Å². The number of hydrogen-bond acceptors (Lipinski definition) is 7. The molecule has 1 saturated heterocycles. The highest BCUT2D eigenvalue weighted by atomic mass is 19.4. The van der Waals surface area contributed by atoms with Crippen molar-refractivity contribution in [3.63, 3.8) is 0 Å². The predicted octanol–water partition coefficient (Wildman–Crippen LogP) is 5.04. The van der Waals surface area contributed by atoms with Gasteiger partial charge in [-0.3, -0.25) is 0 Å². The van der Waals surface area contributed by atoms with Crippen molar-refractivity contribution in [1.29, 1.82) is 0 Å². The molecule has 4 N–H and O–H groups in total. The molecule has 1 atom stereocenters. The van der Waals surface area contributed by atoms with Crippen molar-refractivity contribution < 1.29 is 17.7 Å². The van der Waals surface area contributed by atoms with Crippen molar-refractivity contribution in [2.75, 3.05) is 12.3 Å². The summed E-state index contributed by atoms with van der Waals surface area (Å²) in [6, 6.07) is 4.16. The van der Waals surface area contributed by atoms with Gasteiger partial charge in [-0.15, -0.1) is 0 Å². The number of aromatic amines is 1. The van der Waals surface area contributed by atoms with E-state index in [2.05, 4.69) is 37.3 Å². The van der Waals surface area contributed by atoms with E-state index in [0.717, 1.165) is 11.6 Å². The van der Waals surface area contributed by atoms with E-state index in [1.54, 1.807) is 26.0 Å². The highest BCUT2D eigenvalue weighted by molar-refractivity contribution is 5.94. The van der Waals surface area contributed by atoms with Gasteiger partial charge in [0.2, 0.25) is 5.95 Å². The first-order valence-corrected chi connectivity index (χ1v) is 11.0. The average Bonchev–Trinajstić information content (AvgIpc) is 3.36. The zero-order chi connectivity index (χ0) is 24.5. The molecule has 4 aromatic heterocycles. The molecule has 0 aliphatic carbocycles. The van der Waals surface area contributed by atoms with Gasteiger partial charge in [0.15, 0.2) is 0 Å². The summed E-state index contributed by atoms with van der Waals surface area (Å²) in [6.07, 6.45) is 1.67. The molecule has 34 heavy (non-hydrogen) atoms. The molecule has 180 valence electrons. The van der Waals surface area contributed by atoms with Gasteiger partial charge in [0.25, 0.3) is 0 Å². The second-order valence-electron chi connectivity index (χ2n) is 8.33. The van der Waals surface area contributed by atoms with Crippen molar-refractivity contribution >= 4 is 17.0 Å². The Hall–Kier alpha value is -3.47. The number of nitrogens with zero attached hydrogens (tertiary/aromatic N) is 4. The number of aryl methyl sites for hydroxylation is 2. The monoisotopic (exact) mass is 473 g/mol. The SMILES string of the molecule is CC1CCCCN1.Cc1noc(C)c1-c1ccc2c(-c3nc(N)ncc3C(F)(F)F)c[nH]c2n1. The molecule has 5 rings (SSSR count). The van der Waals surface area contributed by atoms with Gasteiger partial charge in [-0.25, -0.2) is 15.0 Å². The van der Waals surface area contributed by atoms with E-state index in [0.29, 0.717) is 34.4 Å². The number of fused-ring (bicyclic) bond motifs is 1. The normalized spacial score (nSPS) is 16.4. The Morgan fingerprint density at radius 2 is 1.94 bits per heavy atom. The zero-order valence-electron chi connectivity index (χ0n) is 19.1. The Labute approximate surface area is 194 Å². The lowest BCUT2D eigenvalue weighted by Crippen LogP contribution is -2.30. The summed E-state index contributed by atoms with van der Waals surface area (Å²) >= 11 is 0. The first kappa shape index (κ1) is 23.7. The van der Waals surface area contributed by atoms with Gasteiger partial charge in [-0.2, -0.15) is 13.2 Å². The molecule has 0 amide bonds. The van der Waals surface area contributed by atoms with Crippen LogP contribution in [0.1, 0.15) is 43.2 Å². The fourth-order valence-corrected chi connectivity index (χ4v) is 4.02. The van der Waals surface area contributed by atoms with Crippen LogP contribution in [0.3, 0.4) is 0 Å². The second kappa shape index (κ2) is 9.41. The van der Waals surface area contributed by atoms with Crippen LogP contribution >= 0.6 is 0 Å². The maximum absolute atomic E-state index is 13.3. The predicted molar refractivity (Wildman–Crippen MR) is 123 cm³/mol. The van der Waals surface area contributed by atoms with Crippen molar-refractivity contribution in [1.82, 2.24) is 30.4 Å². The van der Waals surface area contributed by atoms with Crippen molar-refractivity contribution in [2.24, 2.45) is 0 Å². The highest BCUT2D eigenvalue weighted by Gasteiger charge is 2.36. The summed E-state index contributed by atoms with van der Waals surface area (Å²) in [5.41, 5.74) is 6.92. The molecule has 5 heterocycles. The third-order valence-corrected chi connectivity index (χ3v) is 5.75. The summed E-state index contributed by atoms with van der Waals surface area (Å²) < 4.78 is 45.2. The fourth-order valence-electron chi connectivity index (χ4n) is 4.02. The fraction of sp³-hybridized carbons (Fsp3) is 0.391. The highest BCUT2D eigenvalue weighted by Crippen LogP contribution is 2.38. The average molecular weight is 474 g/mol. The first-order chi connectivity index (χ1) is 16.1. The van der Waals surface area contributed by atoms with Gasteiger partial charge >= 0.3 is 6.18 Å². The Morgan fingerprint density at radius 3 is 2.53 bits per heavy atom. The van der Waals surface area contributed by atoms with Gasteiger partial charge < -0.3 is 20.6 Å². The van der Waals surface area contributed by atoms with E-state index in [4.69, 9.17) is 10.3 Å². The van der Waals surface area contributed by atoms with Crippen molar-refractivity contribution in [2.45, 2.75) is 52.3 Å². The maximum atomic E-state index is 13.3. The number of anilines is 1. The molecular weight excluding hydrogens is 447 g/mol. The summed E-state index contributed by atoms with van der Waals surface area (Å²) in [5.74, 6) is 0.363. The molecule has 11 heteroatoms. The van der Waals surface area contributed by atoms with Crippen LogP contribution in [0, 0.1) is 13.8 Å². The Balaban J connectivity index is 0.000000336. The van der Waals surface area contributed by atoms with Crippen LogP contribution in [-0.4, -0.2) is 37.7 Å². The quantitative estimate of drug-likeness (QED) is 0.373. The minimum atomic E-state index is -4.61. The number of aromatic nitrogens is 5. The van der Waals surface area contributed by atoms with Crippen molar-refractivity contribution in [3.8, 4) is 22.5 Å². The van der Waals surface area contributed by atoms with Crippen LogP contribution in [0.2, 0.25) is 0 Å². The number of nitrogens with two attached hydrogens (primary N) is 1. The molecule has 1 aliphatic rings. The van der Waals surface area contributed by atoms with E-state index in [1.165, 1.54) is 32.0 Å². The second-order valence-corrected chi connectivity index (χ2v) is 8.33. The summed E-state index contributed by atoms with van der Waals surface area (Å²) in [5, 5.41) is 7.76. The Bertz CT molecular complexity index is 1270. The molecule has 4 aromatic rings. The number of piperidine rings is 1. The molecule has 0 saturated carbocycles. The van der Waals surface area contributed by atoms with Gasteiger partial charge in [-0.1, -0.05) is 11.6 Å². The minimum Gasteiger partial charge on any atom is -0.368 e. The lowest BCUT2D eigenvalue weighted by atomic mass is 10.1. The first-order valence-electron chi connectivity index (χ1n) is 11.0. The maximum Gasteiger partial charge on any atom is 0.419 e. The number of hydrogen-bond donors (Lipinski definition) is 3. The van der Waals surface area contributed by atoms with E-state index in [1.807, 2.05) is 0 Å². The lowest BCUT2D eigenvalue weighted by molar-refractivity contribution is -0.137. The number of H-pyrrole nitrogens is 1. The van der Waals surface area contributed by atoms with Crippen LogP contribution in [0.25, 0.3) is 33.5 Å². The molecule has 0 bridgehead atoms. The van der Waals surface area contributed by atoms with E-state index in [-0.39, 0.29) is 17.2 Å². The van der Waals surface area contributed by atoms with E-state index < -0.39 is 11.7 Å². The Morgan fingerprint density at radius 1 is 1.15 bits per heavy atom. The number of nitrogens with one attached hydrogen (secondary N) is 2. The number of halogens is 3. The zero-order valence-corrected chi connectivity index (χ0v) is 19.1. The molecular formula is C23H26F3N7O. The summed E-state index contributed by atoms with van der Waals surface area (Å²) in [4.78, 5) is 14.7. The van der Waals surface area contributed by atoms with Gasteiger partial charge in [0, 0.05) is 29.4 Å². The van der Waals surface area contributed by atoms with Crippen LogP contribution in [0.5, 0.6) is 0 Å². The van der Waals surface area contributed by atoms with Crippen LogP contribution in [0.15, 0.2) is 29.0 Å². The smallest absolute Gasteiger partial charge is 0.368 e. The molecule has 0 aromatic carbocycles. The number of pyridine rings is 1. The molecule has 1 unspecified atom stereocenters. The van der Waals surface area contributed by atoms with Gasteiger partial charge in [0.05, 0.1) is 22.6 Å². The van der Waals surface area contributed by atoms with E-state index >= 15 is 0 Å². The topological polar surface area (TPSA) is 119 Å². The number of rotatable bonds is 2. The van der Waals surface area contributed by atoms with Gasteiger partial charge in [0.1, 0.15) is 17.0 Å². The summed E-state index contributed by atoms with van der Waals surface area (Å²) in [7, 11) is 0. The summed E-state index contributed by atoms with van der Waals surface area (Å²) in [6.45, 7) is 7.04. The third-order valence-electron chi connectivity index (χ3n) is 5.75. The standard InChI is InChI=1S/C17H13F3N6O.C6H13N/c1-7-13(8(2)27-26-7)12-4-3-9-10(5-22-15(9)24-12)14-11(17(18,19)20)6-23-16(21)25-14;1-6-4-2-3-5-7-6/h3-6H,1-2H3,(H,22,24)(H2,21,23,25);6-7H,2-5H2,1H3. The molecule has 0 radical (unpaired) electrons. The molecule has 1 fully saturated rings. The minimum absolute atomic E-state index is 0.240. The third kappa shape index (κ3) is 4.89. The van der Waals surface area contributed by atoms with E-state index in [9.17, 15) is 13.2 Å². The molecule has 8 nitrogen and oxygen atoms in total. The number of nitrogen functional groups attached to an aromatic ring is 1. The Kier molecular flexibility index (Phi) is 6.56. The lowest BCUT2D eigenvalue weighted by Gasteiger charge is -2.18. The van der Waals surface area contributed by atoms with Crippen LogP contribution < -0.4 is 11.1 Å². The van der Waals surface area contributed by atoms with Gasteiger partial charge in [-0.05, 0) is 52.3 Å².